The van der Waals surface area contributed by atoms with Crippen LogP contribution in [0.25, 0.3) is 0 Å². The Morgan fingerprint density at radius 2 is 1.76 bits per heavy atom. The SMILES string of the molecule is CC(C)Cc1nc(Cc2cc(F)cc(F)c2)nc(Cl)c1I. The van der Waals surface area contributed by atoms with Crippen molar-refractivity contribution in [1.29, 1.82) is 0 Å². The van der Waals surface area contributed by atoms with Crippen molar-refractivity contribution < 1.29 is 8.78 Å². The Morgan fingerprint density at radius 3 is 2.33 bits per heavy atom. The van der Waals surface area contributed by atoms with Gasteiger partial charge in [-0.25, -0.2) is 18.7 Å². The van der Waals surface area contributed by atoms with E-state index in [1.807, 2.05) is 0 Å². The van der Waals surface area contributed by atoms with Crippen molar-refractivity contribution in [2.75, 3.05) is 0 Å². The summed E-state index contributed by atoms with van der Waals surface area (Å²) in [6, 6.07) is 3.40. The Bertz CT molecular complexity index is 642. The van der Waals surface area contributed by atoms with E-state index >= 15 is 0 Å². The molecule has 0 atom stereocenters. The van der Waals surface area contributed by atoms with Crippen LogP contribution in [0.5, 0.6) is 0 Å². The maximum atomic E-state index is 13.2. The highest BCUT2D eigenvalue weighted by Crippen LogP contribution is 2.22. The second-order valence-electron chi connectivity index (χ2n) is 5.24. The van der Waals surface area contributed by atoms with Gasteiger partial charge in [0.2, 0.25) is 0 Å². The van der Waals surface area contributed by atoms with Crippen LogP contribution in [-0.2, 0) is 12.8 Å². The van der Waals surface area contributed by atoms with Gasteiger partial charge < -0.3 is 0 Å². The first-order valence-corrected chi connectivity index (χ1v) is 7.96. The van der Waals surface area contributed by atoms with Gasteiger partial charge in [0.1, 0.15) is 22.6 Å². The van der Waals surface area contributed by atoms with E-state index in [1.54, 1.807) is 0 Å². The van der Waals surface area contributed by atoms with Gasteiger partial charge >= 0.3 is 0 Å². The number of rotatable bonds is 4. The highest BCUT2D eigenvalue weighted by atomic mass is 127. The number of halogens is 4. The van der Waals surface area contributed by atoms with E-state index in [4.69, 9.17) is 11.6 Å². The molecule has 0 aliphatic rings. The number of hydrogen-bond acceptors (Lipinski definition) is 2. The van der Waals surface area contributed by atoms with E-state index in [-0.39, 0.29) is 6.42 Å². The molecule has 2 rings (SSSR count). The average molecular weight is 423 g/mol. The molecule has 112 valence electrons. The fraction of sp³-hybridized carbons (Fsp3) is 0.333. The van der Waals surface area contributed by atoms with Gasteiger partial charge in [-0.2, -0.15) is 0 Å². The second-order valence-corrected chi connectivity index (χ2v) is 6.68. The summed E-state index contributed by atoms with van der Waals surface area (Å²) in [6.45, 7) is 4.18. The summed E-state index contributed by atoms with van der Waals surface area (Å²) in [5.74, 6) is -0.307. The number of nitrogens with zero attached hydrogens (tertiary/aromatic N) is 2. The predicted molar refractivity (Wildman–Crippen MR) is 87.5 cm³/mol. The summed E-state index contributed by atoms with van der Waals surface area (Å²) in [5.41, 5.74) is 1.36. The van der Waals surface area contributed by atoms with Gasteiger partial charge in [0.25, 0.3) is 0 Å². The molecule has 1 aromatic heterocycles. The minimum Gasteiger partial charge on any atom is -0.236 e. The molecule has 2 nitrogen and oxygen atoms in total. The summed E-state index contributed by atoms with van der Waals surface area (Å²) in [5, 5.41) is 0.383. The fourth-order valence-electron chi connectivity index (χ4n) is 2.01. The predicted octanol–water partition coefficient (Wildman–Crippen LogP) is 4.80. The molecule has 0 unspecified atom stereocenters. The van der Waals surface area contributed by atoms with Gasteiger partial charge in [-0.3, -0.25) is 0 Å². The molecule has 0 spiro atoms. The highest BCUT2D eigenvalue weighted by molar-refractivity contribution is 14.1. The zero-order valence-electron chi connectivity index (χ0n) is 11.6. The molecule has 1 aromatic carbocycles. The Labute approximate surface area is 141 Å². The molecule has 1 heterocycles. The lowest BCUT2D eigenvalue weighted by Crippen LogP contribution is -2.07. The first-order valence-electron chi connectivity index (χ1n) is 6.51. The first-order chi connectivity index (χ1) is 9.85. The Hall–Kier alpha value is -0.820. The maximum Gasteiger partial charge on any atom is 0.146 e. The minimum absolute atomic E-state index is 0.246. The standard InChI is InChI=1S/C15H14ClF2IN2/c1-8(2)3-12-14(19)15(16)21-13(20-12)6-9-4-10(17)7-11(18)5-9/h4-5,7-8H,3,6H2,1-2H3. The lowest BCUT2D eigenvalue weighted by Gasteiger charge is -2.10. The van der Waals surface area contributed by atoms with E-state index in [0.29, 0.717) is 22.5 Å². The summed E-state index contributed by atoms with van der Waals surface area (Å²) in [4.78, 5) is 8.68. The lowest BCUT2D eigenvalue weighted by atomic mass is 10.1. The Morgan fingerprint density at radius 1 is 1.14 bits per heavy atom. The fourth-order valence-corrected chi connectivity index (χ4v) is 2.68. The molecule has 2 aromatic rings. The van der Waals surface area contributed by atoms with Gasteiger partial charge in [-0.15, -0.1) is 0 Å². The third-order valence-electron chi connectivity index (χ3n) is 2.81. The topological polar surface area (TPSA) is 25.8 Å². The third-order valence-corrected chi connectivity index (χ3v) is 4.54. The largest absolute Gasteiger partial charge is 0.236 e. The van der Waals surface area contributed by atoms with Gasteiger partial charge in [-0.1, -0.05) is 25.4 Å². The van der Waals surface area contributed by atoms with Crippen LogP contribution in [0.4, 0.5) is 8.78 Å². The van der Waals surface area contributed by atoms with Crippen molar-refractivity contribution >= 4 is 34.2 Å². The van der Waals surface area contributed by atoms with Crippen LogP contribution in [-0.4, -0.2) is 9.97 Å². The molecule has 0 N–H and O–H groups in total. The van der Waals surface area contributed by atoms with E-state index in [1.165, 1.54) is 12.1 Å². The molecule has 6 heteroatoms. The number of hydrogen-bond donors (Lipinski definition) is 0. The van der Waals surface area contributed by atoms with Crippen LogP contribution in [0, 0.1) is 21.1 Å². The molecular weight excluding hydrogens is 409 g/mol. The van der Waals surface area contributed by atoms with Crippen LogP contribution in [0.1, 0.15) is 30.9 Å². The molecule has 0 aliphatic heterocycles. The van der Waals surface area contributed by atoms with Crippen molar-refractivity contribution in [1.82, 2.24) is 9.97 Å². The average Bonchev–Trinajstić information content (AvgIpc) is 2.33. The molecule has 0 fully saturated rings. The third kappa shape index (κ3) is 4.57. The Kier molecular flexibility index (Phi) is 5.48. The molecule has 0 saturated carbocycles. The van der Waals surface area contributed by atoms with Crippen molar-refractivity contribution in [2.45, 2.75) is 26.7 Å². The normalized spacial score (nSPS) is 11.2. The molecule has 0 bridgehead atoms. The zero-order chi connectivity index (χ0) is 15.6. The van der Waals surface area contributed by atoms with Crippen LogP contribution in [0.3, 0.4) is 0 Å². The molecule has 0 radical (unpaired) electrons. The quantitative estimate of drug-likeness (QED) is 0.522. The molecule has 0 aliphatic carbocycles. The molecule has 0 saturated heterocycles. The molecule has 0 amide bonds. The summed E-state index contributed by atoms with van der Waals surface area (Å²) in [6.07, 6.45) is 1.03. The van der Waals surface area contributed by atoms with Crippen molar-refractivity contribution in [3.8, 4) is 0 Å². The summed E-state index contributed by atoms with van der Waals surface area (Å²) in [7, 11) is 0. The van der Waals surface area contributed by atoms with Gasteiger partial charge in [0.15, 0.2) is 0 Å². The van der Waals surface area contributed by atoms with Crippen LogP contribution in [0.15, 0.2) is 18.2 Å². The summed E-state index contributed by atoms with van der Waals surface area (Å²) >= 11 is 8.24. The highest BCUT2D eigenvalue weighted by Gasteiger charge is 2.13. The van der Waals surface area contributed by atoms with E-state index in [9.17, 15) is 8.78 Å². The number of benzene rings is 1. The van der Waals surface area contributed by atoms with E-state index < -0.39 is 11.6 Å². The smallest absolute Gasteiger partial charge is 0.146 e. The maximum absolute atomic E-state index is 13.2. The van der Waals surface area contributed by atoms with Gasteiger partial charge in [0.05, 0.1) is 9.26 Å². The van der Waals surface area contributed by atoms with Gasteiger partial charge in [-0.05, 0) is 52.6 Å². The van der Waals surface area contributed by atoms with Gasteiger partial charge in [0, 0.05) is 12.5 Å². The van der Waals surface area contributed by atoms with Crippen LogP contribution < -0.4 is 0 Å². The van der Waals surface area contributed by atoms with Crippen molar-refractivity contribution in [3.63, 3.8) is 0 Å². The lowest BCUT2D eigenvalue weighted by molar-refractivity contribution is 0.580. The Balaban J connectivity index is 2.33. The molecular formula is C15H14ClF2IN2. The monoisotopic (exact) mass is 422 g/mol. The minimum atomic E-state index is -0.607. The van der Waals surface area contributed by atoms with Crippen molar-refractivity contribution in [2.24, 2.45) is 5.92 Å². The second kappa shape index (κ2) is 6.96. The first kappa shape index (κ1) is 16.5. The van der Waals surface area contributed by atoms with E-state index in [2.05, 4.69) is 46.4 Å². The van der Waals surface area contributed by atoms with E-state index in [0.717, 1.165) is 21.8 Å². The number of aromatic nitrogens is 2. The van der Waals surface area contributed by atoms with Crippen molar-refractivity contribution in [3.05, 3.63) is 55.6 Å². The van der Waals surface area contributed by atoms with Crippen LogP contribution in [0.2, 0.25) is 5.15 Å². The molecule has 21 heavy (non-hydrogen) atoms. The zero-order valence-corrected chi connectivity index (χ0v) is 14.5. The summed E-state index contributed by atoms with van der Waals surface area (Å²) < 4.78 is 27.3. The van der Waals surface area contributed by atoms with Crippen LogP contribution >= 0.6 is 34.2 Å².